The third-order valence-electron chi connectivity index (χ3n) is 6.58. The number of hydrogen-bond donors (Lipinski definition) is 1. The predicted molar refractivity (Wildman–Crippen MR) is 110 cm³/mol. The van der Waals surface area contributed by atoms with Gasteiger partial charge in [0.1, 0.15) is 0 Å². The summed E-state index contributed by atoms with van der Waals surface area (Å²) >= 11 is 0. The number of anilines is 1. The number of nitrogens with zero attached hydrogens (tertiary/aromatic N) is 3. The molecule has 3 aliphatic rings. The number of nitrogens with one attached hydrogen (secondary N) is 1. The van der Waals surface area contributed by atoms with Crippen LogP contribution in [0.3, 0.4) is 0 Å². The molecule has 6 heteroatoms. The van der Waals surface area contributed by atoms with Gasteiger partial charge in [0.2, 0.25) is 11.8 Å². The Hall–Kier alpha value is -1.92. The fourth-order valence-electron chi connectivity index (χ4n) is 4.81. The summed E-state index contributed by atoms with van der Waals surface area (Å²) in [6.07, 6.45) is 4.96. The molecule has 0 bridgehead atoms. The standard InChI is InChI=1S/C22H32N4O2/c27-21(7-6-18-8-11-23-12-9-18)25-16-14-24(15-17-25)20-10-13-26(22(20)28)19-4-2-1-3-5-19/h1-5,18,20,23H,6-17H2. The highest BCUT2D eigenvalue weighted by Crippen LogP contribution is 2.25. The molecular formula is C22H32N4O2. The summed E-state index contributed by atoms with van der Waals surface area (Å²) in [5.74, 6) is 1.20. The lowest BCUT2D eigenvalue weighted by atomic mass is 9.93. The molecular weight excluding hydrogens is 352 g/mol. The molecule has 3 aliphatic heterocycles. The summed E-state index contributed by atoms with van der Waals surface area (Å²) in [5.41, 5.74) is 0.988. The number of carbonyl (C=O) groups is 2. The average molecular weight is 385 g/mol. The molecule has 4 rings (SSSR count). The summed E-state index contributed by atoms with van der Waals surface area (Å²) in [7, 11) is 0. The molecule has 1 N–H and O–H groups in total. The Kier molecular flexibility index (Phi) is 6.27. The Morgan fingerprint density at radius 2 is 1.68 bits per heavy atom. The number of carbonyl (C=O) groups excluding carboxylic acids is 2. The van der Waals surface area contributed by atoms with Crippen LogP contribution in [0.4, 0.5) is 5.69 Å². The number of para-hydroxylation sites is 1. The van der Waals surface area contributed by atoms with Crippen LogP contribution in [0, 0.1) is 5.92 Å². The quantitative estimate of drug-likeness (QED) is 0.840. The first-order valence-electron chi connectivity index (χ1n) is 10.8. The van der Waals surface area contributed by atoms with E-state index in [-0.39, 0.29) is 11.9 Å². The van der Waals surface area contributed by atoms with E-state index in [4.69, 9.17) is 0 Å². The molecule has 0 spiro atoms. The van der Waals surface area contributed by atoms with Crippen molar-refractivity contribution in [2.45, 2.75) is 38.1 Å². The zero-order valence-corrected chi connectivity index (χ0v) is 16.7. The molecule has 28 heavy (non-hydrogen) atoms. The van der Waals surface area contributed by atoms with Crippen LogP contribution in [-0.4, -0.2) is 73.5 Å². The zero-order valence-electron chi connectivity index (χ0n) is 16.7. The second kappa shape index (κ2) is 9.05. The van der Waals surface area contributed by atoms with E-state index in [1.807, 2.05) is 40.1 Å². The maximum absolute atomic E-state index is 12.9. The van der Waals surface area contributed by atoms with Gasteiger partial charge < -0.3 is 15.1 Å². The van der Waals surface area contributed by atoms with E-state index in [1.54, 1.807) is 0 Å². The number of piperazine rings is 1. The SMILES string of the molecule is O=C(CCC1CCNCC1)N1CCN(C2CCN(c3ccccc3)C2=O)CC1. The fourth-order valence-corrected chi connectivity index (χ4v) is 4.81. The third-order valence-corrected chi connectivity index (χ3v) is 6.58. The van der Waals surface area contributed by atoms with Crippen molar-refractivity contribution in [3.05, 3.63) is 30.3 Å². The smallest absolute Gasteiger partial charge is 0.244 e. The van der Waals surface area contributed by atoms with Crippen molar-refractivity contribution in [1.82, 2.24) is 15.1 Å². The largest absolute Gasteiger partial charge is 0.340 e. The van der Waals surface area contributed by atoms with E-state index in [9.17, 15) is 9.59 Å². The summed E-state index contributed by atoms with van der Waals surface area (Å²) in [4.78, 5) is 31.7. The topological polar surface area (TPSA) is 55.9 Å². The summed E-state index contributed by atoms with van der Waals surface area (Å²) in [6.45, 7) is 6.07. The molecule has 1 unspecified atom stereocenters. The van der Waals surface area contributed by atoms with Crippen molar-refractivity contribution < 1.29 is 9.59 Å². The van der Waals surface area contributed by atoms with Gasteiger partial charge in [-0.1, -0.05) is 18.2 Å². The van der Waals surface area contributed by atoms with Gasteiger partial charge in [0.25, 0.3) is 0 Å². The number of piperidine rings is 1. The van der Waals surface area contributed by atoms with Gasteiger partial charge in [0, 0.05) is 44.8 Å². The third kappa shape index (κ3) is 4.39. The lowest BCUT2D eigenvalue weighted by molar-refractivity contribution is -0.134. The molecule has 1 aromatic rings. The highest BCUT2D eigenvalue weighted by molar-refractivity contribution is 5.99. The fraction of sp³-hybridized carbons (Fsp3) is 0.636. The van der Waals surface area contributed by atoms with Gasteiger partial charge in [-0.3, -0.25) is 14.5 Å². The molecule has 0 aromatic heterocycles. The van der Waals surface area contributed by atoms with Gasteiger partial charge in [-0.15, -0.1) is 0 Å². The number of benzene rings is 1. The second-order valence-electron chi connectivity index (χ2n) is 8.28. The Morgan fingerprint density at radius 3 is 2.39 bits per heavy atom. The highest BCUT2D eigenvalue weighted by atomic mass is 16.2. The summed E-state index contributed by atoms with van der Waals surface area (Å²) in [6, 6.07) is 9.89. The Bertz CT molecular complexity index is 666. The predicted octanol–water partition coefficient (Wildman–Crippen LogP) is 1.72. The van der Waals surface area contributed by atoms with E-state index in [2.05, 4.69) is 10.2 Å². The highest BCUT2D eigenvalue weighted by Gasteiger charge is 2.38. The molecule has 3 fully saturated rings. The van der Waals surface area contributed by atoms with Crippen LogP contribution in [-0.2, 0) is 9.59 Å². The van der Waals surface area contributed by atoms with Gasteiger partial charge in [-0.2, -0.15) is 0 Å². The molecule has 1 atom stereocenters. The van der Waals surface area contributed by atoms with E-state index in [1.165, 1.54) is 12.8 Å². The Morgan fingerprint density at radius 1 is 0.964 bits per heavy atom. The van der Waals surface area contributed by atoms with Crippen molar-refractivity contribution in [2.75, 3.05) is 50.7 Å². The van der Waals surface area contributed by atoms with Crippen molar-refractivity contribution in [1.29, 1.82) is 0 Å². The second-order valence-corrected chi connectivity index (χ2v) is 8.28. The number of rotatable bonds is 5. The Labute approximate surface area is 167 Å². The molecule has 6 nitrogen and oxygen atoms in total. The lowest BCUT2D eigenvalue weighted by Gasteiger charge is -2.37. The van der Waals surface area contributed by atoms with E-state index >= 15 is 0 Å². The van der Waals surface area contributed by atoms with Crippen molar-refractivity contribution in [3.8, 4) is 0 Å². The monoisotopic (exact) mass is 384 g/mol. The number of amides is 2. The van der Waals surface area contributed by atoms with Crippen molar-refractivity contribution >= 4 is 17.5 Å². The molecule has 0 saturated carbocycles. The van der Waals surface area contributed by atoms with Gasteiger partial charge in [0.15, 0.2) is 0 Å². The van der Waals surface area contributed by atoms with Gasteiger partial charge >= 0.3 is 0 Å². The molecule has 0 radical (unpaired) electrons. The van der Waals surface area contributed by atoms with E-state index in [0.717, 1.165) is 64.3 Å². The lowest BCUT2D eigenvalue weighted by Crippen LogP contribution is -2.53. The van der Waals surface area contributed by atoms with Gasteiger partial charge in [-0.25, -0.2) is 0 Å². The number of hydrogen-bond acceptors (Lipinski definition) is 4. The van der Waals surface area contributed by atoms with Gasteiger partial charge in [-0.05, 0) is 56.8 Å². The van der Waals surface area contributed by atoms with Crippen LogP contribution in [0.5, 0.6) is 0 Å². The normalized spacial score (nSPS) is 24.7. The molecule has 3 saturated heterocycles. The van der Waals surface area contributed by atoms with Crippen LogP contribution >= 0.6 is 0 Å². The zero-order chi connectivity index (χ0) is 19.3. The maximum atomic E-state index is 12.9. The molecule has 2 amide bonds. The van der Waals surface area contributed by atoms with Crippen molar-refractivity contribution in [2.24, 2.45) is 5.92 Å². The van der Waals surface area contributed by atoms with E-state index in [0.29, 0.717) is 18.2 Å². The molecule has 152 valence electrons. The first-order chi connectivity index (χ1) is 13.7. The average Bonchev–Trinajstić information content (AvgIpc) is 3.15. The molecule has 1 aromatic carbocycles. The van der Waals surface area contributed by atoms with Crippen molar-refractivity contribution in [3.63, 3.8) is 0 Å². The van der Waals surface area contributed by atoms with Crippen LogP contribution in [0.25, 0.3) is 0 Å². The first-order valence-corrected chi connectivity index (χ1v) is 10.8. The summed E-state index contributed by atoms with van der Waals surface area (Å²) in [5, 5.41) is 3.38. The molecule has 3 heterocycles. The van der Waals surface area contributed by atoms with Gasteiger partial charge in [0.05, 0.1) is 6.04 Å². The molecule has 0 aliphatic carbocycles. The summed E-state index contributed by atoms with van der Waals surface area (Å²) < 4.78 is 0. The van der Waals surface area contributed by atoms with Crippen LogP contribution < -0.4 is 10.2 Å². The minimum absolute atomic E-state index is 0.0350. The van der Waals surface area contributed by atoms with Crippen LogP contribution in [0.2, 0.25) is 0 Å². The van der Waals surface area contributed by atoms with Crippen LogP contribution in [0.1, 0.15) is 32.1 Å². The minimum atomic E-state index is -0.0350. The first kappa shape index (κ1) is 19.4. The Balaban J connectivity index is 1.24. The van der Waals surface area contributed by atoms with E-state index < -0.39 is 0 Å². The minimum Gasteiger partial charge on any atom is -0.340 e. The van der Waals surface area contributed by atoms with Crippen LogP contribution in [0.15, 0.2) is 30.3 Å². The maximum Gasteiger partial charge on any atom is 0.244 e.